The van der Waals surface area contributed by atoms with Gasteiger partial charge in [0.25, 0.3) is 0 Å². The van der Waals surface area contributed by atoms with Crippen molar-refractivity contribution in [2.24, 2.45) is 4.99 Å². The van der Waals surface area contributed by atoms with Crippen LogP contribution < -0.4 is 15.2 Å². The first-order valence-electron chi connectivity index (χ1n) is 15.6. The number of hydrogen-bond donors (Lipinski definition) is 0. The Hall–Kier alpha value is -2.14. The molecule has 1 aromatic carbocycles. The molecule has 3 rings (SSSR count). The molecule has 0 aromatic heterocycles. The Kier molecular flexibility index (Phi) is 13.6. The summed E-state index contributed by atoms with van der Waals surface area (Å²) in [5.41, 5.74) is 5.92. The Balaban J connectivity index is 1.50. The van der Waals surface area contributed by atoms with Crippen molar-refractivity contribution in [1.82, 2.24) is 4.98 Å². The van der Waals surface area contributed by atoms with E-state index in [1.165, 1.54) is 123 Å². The zero-order valence-corrected chi connectivity index (χ0v) is 26.6. The summed E-state index contributed by atoms with van der Waals surface area (Å²) in [5, 5.41) is 1.14. The predicted octanol–water partition coefficient (Wildman–Crippen LogP) is 9.48. The quantitative estimate of drug-likeness (QED) is 0.117. The number of benzene rings is 2. The van der Waals surface area contributed by atoms with Crippen molar-refractivity contribution in [2.75, 3.05) is 45.0 Å². The summed E-state index contributed by atoms with van der Waals surface area (Å²) >= 11 is 1.83. The SMILES string of the molecule is CCCCCCCCCCCCCCCCCc1cc2nc3ccc(N(C)C)cc3sc-2c(N(C)C)/c1=N/C. The second-order valence-corrected chi connectivity index (χ2v) is 12.7. The van der Waals surface area contributed by atoms with Crippen LogP contribution in [0.3, 0.4) is 0 Å². The van der Waals surface area contributed by atoms with E-state index >= 15 is 0 Å². The average molecular weight is 551 g/mol. The van der Waals surface area contributed by atoms with E-state index in [1.807, 2.05) is 18.4 Å². The van der Waals surface area contributed by atoms with Gasteiger partial charge in [0.15, 0.2) is 0 Å². The van der Waals surface area contributed by atoms with Gasteiger partial charge in [0, 0.05) is 40.9 Å². The zero-order valence-electron chi connectivity index (χ0n) is 25.8. The molecule has 0 radical (unpaired) electrons. The van der Waals surface area contributed by atoms with E-state index in [0.29, 0.717) is 0 Å². The highest BCUT2D eigenvalue weighted by molar-refractivity contribution is 7.22. The Morgan fingerprint density at radius 2 is 1.28 bits per heavy atom. The third-order valence-electron chi connectivity index (χ3n) is 7.92. The maximum atomic E-state index is 5.10. The molecule has 0 atom stereocenters. The molecule has 39 heavy (non-hydrogen) atoms. The second kappa shape index (κ2) is 16.8. The van der Waals surface area contributed by atoms with Crippen molar-refractivity contribution in [3.8, 4) is 10.6 Å². The number of aromatic nitrogens is 1. The first kappa shape index (κ1) is 31.4. The van der Waals surface area contributed by atoms with Crippen molar-refractivity contribution in [3.05, 3.63) is 35.2 Å². The maximum Gasteiger partial charge on any atom is 0.0852 e. The Labute approximate surface area is 242 Å². The second-order valence-electron chi connectivity index (χ2n) is 11.7. The van der Waals surface area contributed by atoms with Gasteiger partial charge in [0.1, 0.15) is 0 Å². The molecule has 0 saturated heterocycles. The van der Waals surface area contributed by atoms with E-state index in [-0.39, 0.29) is 0 Å². The molecule has 4 nitrogen and oxygen atoms in total. The summed E-state index contributed by atoms with van der Waals surface area (Å²) in [6.07, 6.45) is 22.0. The van der Waals surface area contributed by atoms with Gasteiger partial charge in [-0.05, 0) is 42.7 Å². The molecular weight excluding hydrogens is 496 g/mol. The molecule has 1 aromatic rings. The largest absolute Gasteiger partial charge is 0.378 e. The van der Waals surface area contributed by atoms with Crippen LogP contribution in [0.1, 0.15) is 109 Å². The van der Waals surface area contributed by atoms with Gasteiger partial charge in [-0.15, -0.1) is 11.3 Å². The normalized spacial score (nSPS) is 12.1. The van der Waals surface area contributed by atoms with E-state index in [2.05, 4.69) is 69.2 Å². The lowest BCUT2D eigenvalue weighted by Crippen LogP contribution is -2.24. The summed E-state index contributed by atoms with van der Waals surface area (Å²) < 4.78 is 1.22. The zero-order chi connectivity index (χ0) is 28.0. The third-order valence-corrected chi connectivity index (χ3v) is 9.07. The van der Waals surface area contributed by atoms with Crippen molar-refractivity contribution in [2.45, 2.75) is 110 Å². The van der Waals surface area contributed by atoms with Crippen molar-refractivity contribution in [1.29, 1.82) is 0 Å². The van der Waals surface area contributed by atoms with E-state index in [1.54, 1.807) is 0 Å². The van der Waals surface area contributed by atoms with E-state index in [9.17, 15) is 0 Å². The number of anilines is 2. The van der Waals surface area contributed by atoms with Crippen LogP contribution in [0.5, 0.6) is 0 Å². The van der Waals surface area contributed by atoms with Crippen LogP contribution in [0.15, 0.2) is 29.3 Å². The predicted molar refractivity (Wildman–Crippen MR) is 175 cm³/mol. The molecular formula is C34H54N4S. The van der Waals surface area contributed by atoms with Crippen molar-refractivity contribution < 1.29 is 0 Å². The van der Waals surface area contributed by atoms with Crippen molar-refractivity contribution in [3.63, 3.8) is 0 Å². The molecule has 0 bridgehead atoms. The first-order valence-corrected chi connectivity index (χ1v) is 16.5. The van der Waals surface area contributed by atoms with Gasteiger partial charge in [-0.3, -0.25) is 4.99 Å². The Bertz CT molecular complexity index is 1160. The molecule has 2 aliphatic rings. The smallest absolute Gasteiger partial charge is 0.0852 e. The minimum Gasteiger partial charge on any atom is -0.378 e. The van der Waals surface area contributed by atoms with Gasteiger partial charge in [-0.2, -0.15) is 0 Å². The van der Waals surface area contributed by atoms with Crippen LogP contribution in [0.2, 0.25) is 0 Å². The van der Waals surface area contributed by atoms with E-state index in [4.69, 9.17) is 9.98 Å². The molecule has 0 saturated carbocycles. The van der Waals surface area contributed by atoms with Gasteiger partial charge in [0.05, 0.1) is 31.8 Å². The van der Waals surface area contributed by atoms with Crippen LogP contribution in [0.4, 0.5) is 11.4 Å². The monoisotopic (exact) mass is 550 g/mol. The fourth-order valence-electron chi connectivity index (χ4n) is 5.60. The molecule has 1 aliphatic carbocycles. The molecule has 1 aliphatic heterocycles. The van der Waals surface area contributed by atoms with Gasteiger partial charge in [-0.1, -0.05) is 96.8 Å². The topological polar surface area (TPSA) is 31.7 Å². The van der Waals surface area contributed by atoms with Gasteiger partial charge in [0.2, 0.25) is 0 Å². The number of aryl methyl sites for hydroxylation is 1. The minimum atomic E-state index is 1.07. The fraction of sp³-hybridized carbons (Fsp3) is 0.647. The van der Waals surface area contributed by atoms with Crippen LogP contribution >= 0.6 is 11.3 Å². The standard InChI is InChI=1S/C34H54N4S/c1-7-8-9-10-11-12-13-14-15-16-17-18-19-20-21-22-27-25-30-34(33(38(5)6)32(27)35-2)39-31-26-28(37(3)4)23-24-29(31)36-30/h23-26H,7-22H2,1-6H3/b35-32+. The molecule has 1 heterocycles. The van der Waals surface area contributed by atoms with Gasteiger partial charge < -0.3 is 9.80 Å². The molecule has 0 spiro atoms. The summed E-state index contributed by atoms with van der Waals surface area (Å²) in [4.78, 5) is 15.5. The Morgan fingerprint density at radius 3 is 1.79 bits per heavy atom. The van der Waals surface area contributed by atoms with Gasteiger partial charge in [-0.25, -0.2) is 4.98 Å². The maximum absolute atomic E-state index is 5.10. The molecule has 5 heteroatoms. The lowest BCUT2D eigenvalue weighted by Gasteiger charge is -2.21. The minimum absolute atomic E-state index is 1.07. The van der Waals surface area contributed by atoms with E-state index in [0.717, 1.165) is 23.0 Å². The van der Waals surface area contributed by atoms with Crippen LogP contribution in [-0.4, -0.2) is 40.2 Å². The van der Waals surface area contributed by atoms with E-state index < -0.39 is 0 Å². The highest BCUT2D eigenvalue weighted by Crippen LogP contribution is 2.38. The molecule has 216 valence electrons. The highest BCUT2D eigenvalue weighted by Gasteiger charge is 2.19. The number of hydrogen-bond acceptors (Lipinski definition) is 5. The fourth-order valence-corrected chi connectivity index (χ4v) is 6.80. The van der Waals surface area contributed by atoms with Crippen molar-refractivity contribution >= 4 is 32.9 Å². The first-order chi connectivity index (χ1) is 19.0. The summed E-state index contributed by atoms with van der Waals surface area (Å²) in [5.74, 6) is 0. The summed E-state index contributed by atoms with van der Waals surface area (Å²) in [6.45, 7) is 2.30. The van der Waals surface area contributed by atoms with Crippen LogP contribution in [0.25, 0.3) is 20.8 Å². The lowest BCUT2D eigenvalue weighted by molar-refractivity contribution is 0.532. The molecule has 0 amide bonds. The van der Waals surface area contributed by atoms with Gasteiger partial charge >= 0.3 is 0 Å². The molecule has 0 unspecified atom stereocenters. The number of rotatable bonds is 18. The molecule has 0 fully saturated rings. The van der Waals surface area contributed by atoms with Crippen LogP contribution in [-0.2, 0) is 6.42 Å². The summed E-state index contributed by atoms with van der Waals surface area (Å²) in [6, 6.07) is 8.87. The molecule has 0 N–H and O–H groups in total. The highest BCUT2D eigenvalue weighted by atomic mass is 32.1. The lowest BCUT2D eigenvalue weighted by atomic mass is 10.0. The van der Waals surface area contributed by atoms with Crippen LogP contribution in [0, 0.1) is 0 Å². The number of fused-ring (bicyclic) bond motifs is 2. The third kappa shape index (κ3) is 9.48. The average Bonchev–Trinajstić information content (AvgIpc) is 2.92. The number of unbranched alkanes of at least 4 members (excludes halogenated alkanes) is 14. The summed E-state index contributed by atoms with van der Waals surface area (Å²) in [7, 11) is 10.4. The number of nitrogens with zero attached hydrogens (tertiary/aromatic N) is 4. The Morgan fingerprint density at radius 1 is 0.718 bits per heavy atom.